The molecule has 0 aromatic heterocycles. The molecule has 1 saturated carbocycles. The van der Waals surface area contributed by atoms with Crippen molar-refractivity contribution in [3.8, 4) is 0 Å². The number of halogens is 1. The third-order valence-electron chi connectivity index (χ3n) is 4.91. The molecule has 0 nitrogen and oxygen atoms in total. The maximum atomic E-state index is 6.77. The van der Waals surface area contributed by atoms with E-state index < -0.39 is 7.38 Å². The molecule has 0 aromatic rings. The molecule has 0 aliphatic heterocycles. The summed E-state index contributed by atoms with van der Waals surface area (Å²) in [5.74, 6) is 3.40. The van der Waals surface area contributed by atoms with Crippen LogP contribution in [0.3, 0.4) is 0 Å². The molecule has 2 rings (SSSR count). The highest BCUT2D eigenvalue weighted by atomic mass is 35.6. The molecule has 0 radical (unpaired) electrons. The van der Waals surface area contributed by atoms with Gasteiger partial charge in [-0.1, -0.05) is 45.0 Å². The first-order chi connectivity index (χ1) is 7.32. The molecule has 0 saturated heterocycles. The summed E-state index contributed by atoms with van der Waals surface area (Å²) >= 11 is 6.77. The predicted octanol–water partition coefficient (Wildman–Crippen LogP) is 5.06. The first kappa shape index (κ1) is 12.7. The maximum Gasteiger partial charge on any atom is 0.157 e. The first-order valence-corrected chi connectivity index (χ1v) is 10.8. The average Bonchev–Trinajstić information content (AvgIpc) is 2.49. The molecule has 5 unspecified atom stereocenters. The van der Waals surface area contributed by atoms with Gasteiger partial charge in [-0.05, 0) is 42.6 Å². The van der Waals surface area contributed by atoms with Gasteiger partial charge >= 0.3 is 0 Å². The summed E-state index contributed by atoms with van der Waals surface area (Å²) in [7, 11) is -1.56. The molecule has 5 atom stereocenters. The Hall–Kier alpha value is 0.247. The summed E-state index contributed by atoms with van der Waals surface area (Å²) in [5, 5.41) is 0. The molecule has 2 aliphatic rings. The molecule has 0 amide bonds. The van der Waals surface area contributed by atoms with Crippen LogP contribution in [-0.2, 0) is 0 Å². The zero-order valence-electron chi connectivity index (χ0n) is 11.3. The van der Waals surface area contributed by atoms with Crippen LogP contribution < -0.4 is 0 Å². The van der Waals surface area contributed by atoms with E-state index in [1.165, 1.54) is 12.8 Å². The smallest absolute Gasteiger partial charge is 0.157 e. The molecule has 0 spiro atoms. The highest BCUT2D eigenvalue weighted by Crippen LogP contribution is 2.56. The largest absolute Gasteiger partial charge is 0.167 e. The van der Waals surface area contributed by atoms with Crippen LogP contribution >= 0.6 is 11.1 Å². The van der Waals surface area contributed by atoms with Gasteiger partial charge in [-0.25, -0.2) is 0 Å². The maximum absolute atomic E-state index is 6.77. The predicted molar refractivity (Wildman–Crippen MR) is 75.4 cm³/mol. The fraction of sp³-hybridized carbons (Fsp3) is 0.857. The summed E-state index contributed by atoms with van der Waals surface area (Å²) in [4.78, 5) is 0. The molecule has 0 heterocycles. The molecule has 0 aromatic carbocycles. The fourth-order valence-corrected chi connectivity index (χ4v) is 7.80. The van der Waals surface area contributed by atoms with Gasteiger partial charge in [-0.3, -0.25) is 0 Å². The molecule has 1 fully saturated rings. The van der Waals surface area contributed by atoms with Crippen LogP contribution in [0.5, 0.6) is 0 Å². The van der Waals surface area contributed by atoms with Gasteiger partial charge in [0.1, 0.15) is 0 Å². The van der Waals surface area contributed by atoms with Gasteiger partial charge < -0.3 is 0 Å². The quantitative estimate of drug-likeness (QED) is 0.350. The number of hydrogen-bond acceptors (Lipinski definition) is 0. The van der Waals surface area contributed by atoms with Crippen molar-refractivity contribution in [2.24, 2.45) is 23.7 Å². The first-order valence-electron chi connectivity index (χ1n) is 6.69. The van der Waals surface area contributed by atoms with E-state index in [9.17, 15) is 0 Å². The van der Waals surface area contributed by atoms with Crippen LogP contribution in [0.15, 0.2) is 11.6 Å². The minimum absolute atomic E-state index is 0.719. The third kappa shape index (κ3) is 2.01. The Balaban J connectivity index is 2.32. The van der Waals surface area contributed by atoms with Gasteiger partial charge in [-0.15, -0.1) is 0 Å². The number of hydrogen-bond donors (Lipinski definition) is 0. The van der Waals surface area contributed by atoms with Crippen LogP contribution in [0.25, 0.3) is 0 Å². The van der Waals surface area contributed by atoms with Crippen molar-refractivity contribution < 1.29 is 0 Å². The highest BCUT2D eigenvalue weighted by molar-refractivity contribution is 7.20. The number of allylic oxidation sites excluding steroid dienone is 2. The second kappa shape index (κ2) is 4.17. The lowest BCUT2D eigenvalue weighted by molar-refractivity contribution is 0.156. The summed E-state index contributed by atoms with van der Waals surface area (Å²) in [5.41, 5.74) is 2.32. The Labute approximate surface area is 106 Å². The Bertz CT molecular complexity index is 302. The van der Waals surface area contributed by atoms with E-state index in [1.54, 1.807) is 5.57 Å². The van der Waals surface area contributed by atoms with Crippen molar-refractivity contribution in [2.75, 3.05) is 0 Å². The Morgan fingerprint density at radius 2 is 1.75 bits per heavy atom. The highest BCUT2D eigenvalue weighted by Gasteiger charge is 2.49. The van der Waals surface area contributed by atoms with Crippen LogP contribution in [0.1, 0.15) is 33.6 Å². The van der Waals surface area contributed by atoms with E-state index in [0.717, 1.165) is 29.2 Å². The van der Waals surface area contributed by atoms with Gasteiger partial charge in [-0.2, -0.15) is 11.1 Å². The van der Waals surface area contributed by atoms with Crippen molar-refractivity contribution in [2.45, 2.75) is 52.2 Å². The van der Waals surface area contributed by atoms with Crippen molar-refractivity contribution in [1.29, 1.82) is 0 Å². The average molecular weight is 257 g/mol. The van der Waals surface area contributed by atoms with Crippen LogP contribution in [0, 0.1) is 23.7 Å². The zero-order valence-corrected chi connectivity index (χ0v) is 13.0. The third-order valence-corrected chi connectivity index (χ3v) is 7.93. The Kier molecular flexibility index (Phi) is 3.31. The van der Waals surface area contributed by atoms with Gasteiger partial charge in [0, 0.05) is 0 Å². The monoisotopic (exact) mass is 256 g/mol. The van der Waals surface area contributed by atoms with E-state index in [0.29, 0.717) is 0 Å². The molecule has 2 aliphatic carbocycles. The summed E-state index contributed by atoms with van der Waals surface area (Å²) in [6.45, 7) is 11.8. The van der Waals surface area contributed by atoms with E-state index >= 15 is 0 Å². The number of fused-ring (bicyclic) bond motifs is 1. The fourth-order valence-electron chi connectivity index (χ4n) is 4.21. The molecular weight excluding hydrogens is 232 g/mol. The molecule has 92 valence electrons. The van der Waals surface area contributed by atoms with Crippen molar-refractivity contribution in [1.82, 2.24) is 0 Å². The SMILES string of the molecule is CC1=CC2C(C)CCC(C)C2C1[Si](C)(C)Cl. The molecule has 0 N–H and O–H groups in total. The molecular formula is C14H25ClSi. The van der Waals surface area contributed by atoms with Crippen molar-refractivity contribution in [3.05, 3.63) is 11.6 Å². The van der Waals surface area contributed by atoms with E-state index in [2.05, 4.69) is 39.9 Å². The van der Waals surface area contributed by atoms with Crippen molar-refractivity contribution in [3.63, 3.8) is 0 Å². The lowest BCUT2D eigenvalue weighted by atomic mass is 9.69. The van der Waals surface area contributed by atoms with E-state index in [1.807, 2.05) is 0 Å². The van der Waals surface area contributed by atoms with Crippen LogP contribution in [0.4, 0.5) is 0 Å². The standard InChI is InChI=1S/C14H25ClSi/c1-9-6-7-10(2)13-12(9)8-11(3)14(13)16(4,5)15/h8-10,12-14H,6-7H2,1-5H3. The van der Waals surface area contributed by atoms with E-state index in [-0.39, 0.29) is 0 Å². The van der Waals surface area contributed by atoms with Gasteiger partial charge in [0.25, 0.3) is 0 Å². The number of rotatable bonds is 1. The second-order valence-electron chi connectivity index (χ2n) is 6.64. The summed E-state index contributed by atoms with van der Waals surface area (Å²) in [6.07, 6.45) is 5.37. The van der Waals surface area contributed by atoms with E-state index in [4.69, 9.17) is 11.1 Å². The van der Waals surface area contributed by atoms with Crippen LogP contribution in [-0.4, -0.2) is 7.38 Å². The topological polar surface area (TPSA) is 0 Å². The van der Waals surface area contributed by atoms with Gasteiger partial charge in [0.05, 0.1) is 0 Å². The van der Waals surface area contributed by atoms with Crippen molar-refractivity contribution >= 4 is 18.5 Å². The zero-order chi connectivity index (χ0) is 12.1. The minimum atomic E-state index is -1.56. The molecule has 2 heteroatoms. The normalized spacial score (nSPS) is 44.1. The Morgan fingerprint density at radius 3 is 2.31 bits per heavy atom. The van der Waals surface area contributed by atoms with Crippen LogP contribution in [0.2, 0.25) is 18.6 Å². The minimum Gasteiger partial charge on any atom is -0.167 e. The van der Waals surface area contributed by atoms with Gasteiger partial charge in [0.15, 0.2) is 7.38 Å². The lowest BCUT2D eigenvalue weighted by Gasteiger charge is -2.42. The lowest BCUT2D eigenvalue weighted by Crippen LogP contribution is -2.38. The Morgan fingerprint density at radius 1 is 1.19 bits per heavy atom. The van der Waals surface area contributed by atoms with Gasteiger partial charge in [0.2, 0.25) is 0 Å². The summed E-state index contributed by atoms with van der Waals surface area (Å²) in [6, 6.07) is 0. The second-order valence-corrected chi connectivity index (χ2v) is 13.3. The summed E-state index contributed by atoms with van der Waals surface area (Å²) < 4.78 is 0. The molecule has 0 bridgehead atoms. The molecule has 16 heavy (non-hydrogen) atoms.